The van der Waals surface area contributed by atoms with Crippen LogP contribution in [-0.4, -0.2) is 38.6 Å². The first-order valence-corrected chi connectivity index (χ1v) is 12.9. The second-order valence-corrected chi connectivity index (χ2v) is 9.06. The van der Waals surface area contributed by atoms with E-state index in [4.69, 9.17) is 14.2 Å². The first kappa shape index (κ1) is 30.8. The Bertz CT molecular complexity index is 1730. The molecule has 0 saturated carbocycles. The normalized spacial score (nSPS) is 11.1. The van der Waals surface area contributed by atoms with Crippen LogP contribution in [0.25, 0.3) is 0 Å². The van der Waals surface area contributed by atoms with Crippen LogP contribution in [0.15, 0.2) is 72.8 Å². The largest absolute Gasteiger partial charge is 0.462 e. The molecule has 1 atom stereocenters. The number of esters is 1. The van der Waals surface area contributed by atoms with Crippen LogP contribution in [0.4, 0.5) is 21.6 Å². The lowest BCUT2D eigenvalue weighted by atomic mass is 10.2. The number of aromatic nitrogens is 2. The van der Waals surface area contributed by atoms with Gasteiger partial charge < -0.3 is 19.5 Å². The molecule has 0 spiro atoms. The van der Waals surface area contributed by atoms with Gasteiger partial charge in [0.15, 0.2) is 0 Å². The molecule has 0 aliphatic carbocycles. The molecule has 1 heterocycles. The van der Waals surface area contributed by atoms with Gasteiger partial charge in [-0.2, -0.15) is 15.2 Å². The maximum atomic E-state index is 13.2. The number of carbonyl (C=O) groups is 1. The van der Waals surface area contributed by atoms with Crippen LogP contribution >= 0.6 is 0 Å². The van der Waals surface area contributed by atoms with Gasteiger partial charge in [-0.25, -0.2) is 9.18 Å². The van der Waals surface area contributed by atoms with Crippen LogP contribution in [0.5, 0.6) is 23.4 Å². The molecule has 4 rings (SSSR count). The van der Waals surface area contributed by atoms with E-state index in [0.717, 1.165) is 17.7 Å². The lowest BCUT2D eigenvalue weighted by Crippen LogP contribution is -2.11. The minimum absolute atomic E-state index is 0.00905. The van der Waals surface area contributed by atoms with Crippen LogP contribution in [0, 0.1) is 31.6 Å². The van der Waals surface area contributed by atoms with Gasteiger partial charge in [-0.05, 0) is 36.8 Å². The first-order chi connectivity index (χ1) is 21.2. The summed E-state index contributed by atoms with van der Waals surface area (Å²) in [6.45, 7) is 1.24. The maximum Gasteiger partial charge on any atom is 0.373 e. The van der Waals surface area contributed by atoms with E-state index in [2.05, 4.69) is 15.3 Å². The molecule has 0 saturated heterocycles. The van der Waals surface area contributed by atoms with Crippen LogP contribution in [0.2, 0.25) is 0 Å². The van der Waals surface area contributed by atoms with E-state index in [1.165, 1.54) is 31.2 Å². The molecule has 0 fully saturated rings. The van der Waals surface area contributed by atoms with Crippen LogP contribution in [-0.2, 0) is 11.3 Å². The smallest absolute Gasteiger partial charge is 0.373 e. The molecule has 1 N–H and O–H groups in total. The molecule has 1 unspecified atom stereocenters. The SMILES string of the molecule is CC(F)CCOC(=O)c1ccccc1Oc1nc(NCc2ccccc2)c([N+](=O)[O-])c(Oc2ccc(C#N)c([N+](=O)[O-])c2)n1. The number of hydrogen-bond donors (Lipinski definition) is 1. The molecular formula is C29H23FN6O8. The van der Waals surface area contributed by atoms with Gasteiger partial charge in [-0.1, -0.05) is 42.5 Å². The van der Waals surface area contributed by atoms with E-state index in [1.54, 1.807) is 42.5 Å². The van der Waals surface area contributed by atoms with Crippen molar-refractivity contribution in [2.75, 3.05) is 11.9 Å². The van der Waals surface area contributed by atoms with Crippen LogP contribution < -0.4 is 14.8 Å². The highest BCUT2D eigenvalue weighted by molar-refractivity contribution is 5.92. The molecule has 0 amide bonds. The molecule has 4 aromatic rings. The van der Waals surface area contributed by atoms with Gasteiger partial charge in [0, 0.05) is 13.0 Å². The molecule has 224 valence electrons. The highest BCUT2D eigenvalue weighted by Crippen LogP contribution is 2.39. The summed E-state index contributed by atoms with van der Waals surface area (Å²) in [5.74, 6) is -2.09. The molecular weight excluding hydrogens is 579 g/mol. The van der Waals surface area contributed by atoms with Crippen molar-refractivity contribution < 1.29 is 33.2 Å². The summed E-state index contributed by atoms with van der Waals surface area (Å²) in [6.07, 6.45) is -1.19. The lowest BCUT2D eigenvalue weighted by Gasteiger charge is -2.14. The Balaban J connectivity index is 1.76. The van der Waals surface area contributed by atoms with Gasteiger partial charge in [0.05, 0.1) is 22.5 Å². The second-order valence-electron chi connectivity index (χ2n) is 9.06. The van der Waals surface area contributed by atoms with Crippen molar-refractivity contribution in [1.29, 1.82) is 5.26 Å². The van der Waals surface area contributed by atoms with Gasteiger partial charge in [-0.3, -0.25) is 20.2 Å². The number of ether oxygens (including phenoxy) is 3. The molecule has 0 radical (unpaired) electrons. The average molecular weight is 603 g/mol. The van der Waals surface area contributed by atoms with E-state index < -0.39 is 45.3 Å². The minimum Gasteiger partial charge on any atom is -0.462 e. The molecule has 0 aliphatic heterocycles. The van der Waals surface area contributed by atoms with Crippen molar-refractivity contribution in [3.63, 3.8) is 0 Å². The van der Waals surface area contributed by atoms with E-state index in [-0.39, 0.29) is 48.0 Å². The van der Waals surface area contributed by atoms with E-state index >= 15 is 0 Å². The number of benzene rings is 3. The molecule has 0 bridgehead atoms. The van der Waals surface area contributed by atoms with Crippen molar-refractivity contribution in [1.82, 2.24) is 9.97 Å². The molecule has 14 nitrogen and oxygen atoms in total. The number of halogens is 1. The number of nitrogens with one attached hydrogen (secondary N) is 1. The maximum absolute atomic E-state index is 13.2. The zero-order valence-electron chi connectivity index (χ0n) is 23.0. The zero-order chi connectivity index (χ0) is 31.6. The highest BCUT2D eigenvalue weighted by Gasteiger charge is 2.29. The second kappa shape index (κ2) is 14.1. The van der Waals surface area contributed by atoms with Crippen molar-refractivity contribution in [2.24, 2.45) is 0 Å². The van der Waals surface area contributed by atoms with Gasteiger partial charge in [0.25, 0.3) is 5.69 Å². The van der Waals surface area contributed by atoms with Crippen LogP contribution in [0.3, 0.4) is 0 Å². The Morgan fingerprint density at radius 3 is 2.43 bits per heavy atom. The van der Waals surface area contributed by atoms with Gasteiger partial charge in [0.2, 0.25) is 5.82 Å². The van der Waals surface area contributed by atoms with Crippen molar-refractivity contribution in [3.8, 4) is 29.5 Å². The predicted octanol–water partition coefficient (Wildman–Crippen LogP) is 6.27. The number of nitrogens with zero attached hydrogens (tertiary/aromatic N) is 5. The van der Waals surface area contributed by atoms with Gasteiger partial charge in [0.1, 0.15) is 34.9 Å². The third-order valence-electron chi connectivity index (χ3n) is 5.87. The number of nitro groups is 2. The molecule has 1 aromatic heterocycles. The van der Waals surface area contributed by atoms with Gasteiger partial charge >= 0.3 is 23.5 Å². The standard InChI is InChI=1S/C29H23FN6O8/c1-18(30)13-14-42-28(37)22-9-5-6-10-24(22)44-29-33-26(32-17-19-7-3-2-4-8-19)25(36(40)41)27(34-29)43-21-12-11-20(16-31)23(15-21)35(38)39/h2-12,15,18H,13-14,17H2,1H3,(H,32,33,34). The average Bonchev–Trinajstić information content (AvgIpc) is 3.00. The molecule has 44 heavy (non-hydrogen) atoms. The number of alkyl halides is 1. The topological polar surface area (TPSA) is 193 Å². The van der Waals surface area contributed by atoms with Crippen molar-refractivity contribution in [2.45, 2.75) is 26.1 Å². The number of anilines is 1. The molecule has 3 aromatic carbocycles. The van der Waals surface area contributed by atoms with E-state index in [1.807, 2.05) is 0 Å². The predicted molar refractivity (Wildman–Crippen MR) is 152 cm³/mol. The summed E-state index contributed by atoms with van der Waals surface area (Å²) in [7, 11) is 0. The Labute approximate surface area is 249 Å². The molecule has 15 heteroatoms. The fraction of sp³-hybridized carbons (Fsp3) is 0.172. The Morgan fingerprint density at radius 1 is 1.02 bits per heavy atom. The minimum atomic E-state index is -1.18. The summed E-state index contributed by atoms with van der Waals surface area (Å²) >= 11 is 0. The summed E-state index contributed by atoms with van der Waals surface area (Å²) < 4.78 is 29.7. The van der Waals surface area contributed by atoms with E-state index in [0.29, 0.717) is 0 Å². The quantitative estimate of drug-likeness (QED) is 0.103. The van der Waals surface area contributed by atoms with Crippen LogP contribution in [0.1, 0.15) is 34.8 Å². The van der Waals surface area contributed by atoms with E-state index in [9.17, 15) is 34.7 Å². The summed E-state index contributed by atoms with van der Waals surface area (Å²) in [6, 6.07) is 19.2. The Hall–Kier alpha value is -6.17. The van der Waals surface area contributed by atoms with Crippen molar-refractivity contribution in [3.05, 3.63) is 110 Å². The Morgan fingerprint density at radius 2 is 1.75 bits per heavy atom. The number of hydrogen-bond acceptors (Lipinski definition) is 12. The third-order valence-corrected chi connectivity index (χ3v) is 5.87. The number of nitro benzene ring substituents is 1. The number of para-hydroxylation sites is 1. The number of carbonyl (C=O) groups excluding carboxylic acids is 1. The first-order valence-electron chi connectivity index (χ1n) is 12.9. The third kappa shape index (κ3) is 7.76. The summed E-state index contributed by atoms with van der Waals surface area (Å²) in [5, 5.41) is 35.7. The monoisotopic (exact) mass is 602 g/mol. The highest BCUT2D eigenvalue weighted by atomic mass is 19.1. The summed E-state index contributed by atoms with van der Waals surface area (Å²) in [5.41, 5.74) is -0.851. The fourth-order valence-corrected chi connectivity index (χ4v) is 3.75. The lowest BCUT2D eigenvalue weighted by molar-refractivity contribution is -0.385. The Kier molecular flexibility index (Phi) is 9.89. The zero-order valence-corrected chi connectivity index (χ0v) is 23.0. The number of rotatable bonds is 13. The molecule has 0 aliphatic rings. The fourth-order valence-electron chi connectivity index (χ4n) is 3.75. The number of nitriles is 1. The summed E-state index contributed by atoms with van der Waals surface area (Å²) in [4.78, 5) is 42.9. The van der Waals surface area contributed by atoms with Gasteiger partial charge in [-0.15, -0.1) is 0 Å². The van der Waals surface area contributed by atoms with Crippen molar-refractivity contribution >= 4 is 23.2 Å².